The van der Waals surface area contributed by atoms with Crippen molar-refractivity contribution in [2.24, 2.45) is 0 Å². The van der Waals surface area contributed by atoms with Gasteiger partial charge in [0.1, 0.15) is 5.82 Å². The molecule has 17 heavy (non-hydrogen) atoms. The summed E-state index contributed by atoms with van der Waals surface area (Å²) in [6.45, 7) is 1.84. The second-order valence-corrected chi connectivity index (χ2v) is 5.13. The van der Waals surface area contributed by atoms with Gasteiger partial charge in [0, 0.05) is 18.5 Å². The van der Waals surface area contributed by atoms with Gasteiger partial charge >= 0.3 is 0 Å². The molecule has 0 saturated carbocycles. The summed E-state index contributed by atoms with van der Waals surface area (Å²) in [7, 11) is 0. The highest BCUT2D eigenvalue weighted by Crippen LogP contribution is 2.37. The van der Waals surface area contributed by atoms with E-state index < -0.39 is 5.92 Å². The normalized spacial score (nSPS) is 18.9. The molecule has 1 aliphatic rings. The first-order valence-electron chi connectivity index (χ1n) is 5.39. The van der Waals surface area contributed by atoms with Gasteiger partial charge in [0.05, 0.1) is 4.47 Å². The van der Waals surface area contributed by atoms with Crippen molar-refractivity contribution in [1.29, 1.82) is 0 Å². The molecule has 2 N–H and O–H groups in total. The highest BCUT2D eigenvalue weighted by Gasteiger charge is 2.31. The molecule has 1 aromatic rings. The van der Waals surface area contributed by atoms with Crippen LogP contribution in [0.5, 0.6) is 0 Å². The first-order valence-corrected chi connectivity index (χ1v) is 6.18. The number of hydrogen-bond acceptors (Lipinski definition) is 2. The van der Waals surface area contributed by atoms with E-state index in [0.717, 1.165) is 16.8 Å². The molecule has 5 heteroatoms. The number of pyridine rings is 1. The molecule has 0 fully saturated rings. The number of nitrogens with zero attached hydrogens (tertiary/aromatic N) is 1. The van der Waals surface area contributed by atoms with E-state index in [9.17, 15) is 8.78 Å². The van der Waals surface area contributed by atoms with E-state index in [2.05, 4.69) is 20.9 Å². The van der Waals surface area contributed by atoms with E-state index in [4.69, 9.17) is 5.73 Å². The quantitative estimate of drug-likeness (QED) is 0.853. The molecule has 92 valence electrons. The highest BCUT2D eigenvalue weighted by atomic mass is 79.9. The monoisotopic (exact) mass is 302 g/mol. The van der Waals surface area contributed by atoms with Crippen LogP contribution in [0.2, 0.25) is 0 Å². The van der Waals surface area contributed by atoms with Crippen LogP contribution < -0.4 is 5.73 Å². The fourth-order valence-electron chi connectivity index (χ4n) is 1.96. The van der Waals surface area contributed by atoms with Gasteiger partial charge in [0.25, 0.3) is 5.92 Å². The molecule has 0 radical (unpaired) electrons. The number of hydrogen-bond donors (Lipinski definition) is 1. The SMILES string of the molecule is Cc1nc(N)c(Br)cc1C1=CCC(F)(F)CC1. The average Bonchev–Trinajstić information content (AvgIpc) is 2.24. The summed E-state index contributed by atoms with van der Waals surface area (Å²) >= 11 is 3.31. The molecule has 0 bridgehead atoms. The maximum absolute atomic E-state index is 13.0. The summed E-state index contributed by atoms with van der Waals surface area (Å²) in [5, 5.41) is 0. The van der Waals surface area contributed by atoms with Crippen molar-refractivity contribution in [3.05, 3.63) is 27.9 Å². The maximum Gasteiger partial charge on any atom is 0.251 e. The van der Waals surface area contributed by atoms with Crippen LogP contribution in [0.3, 0.4) is 0 Å². The molecule has 0 unspecified atom stereocenters. The third-order valence-electron chi connectivity index (χ3n) is 2.95. The lowest BCUT2D eigenvalue weighted by Crippen LogP contribution is -2.18. The Hall–Kier alpha value is -0.970. The standard InChI is InChI=1S/C12H13BrF2N2/c1-7-9(6-10(13)11(16)17-7)8-2-4-12(14,15)5-3-8/h2,6H,3-5H2,1H3,(H2,16,17). The number of alkyl halides is 2. The number of halogens is 3. The van der Waals surface area contributed by atoms with Gasteiger partial charge in [-0.05, 0) is 46.5 Å². The zero-order valence-electron chi connectivity index (χ0n) is 9.43. The van der Waals surface area contributed by atoms with E-state index >= 15 is 0 Å². The molecule has 0 atom stereocenters. The first kappa shape index (κ1) is 12.5. The molecule has 2 rings (SSSR count). The molecule has 0 amide bonds. The third-order valence-corrected chi connectivity index (χ3v) is 3.58. The molecule has 2 nitrogen and oxygen atoms in total. The minimum Gasteiger partial charge on any atom is -0.383 e. The van der Waals surface area contributed by atoms with Crippen LogP contribution in [-0.2, 0) is 0 Å². The number of nitrogens with two attached hydrogens (primary N) is 1. The van der Waals surface area contributed by atoms with E-state index in [0.29, 0.717) is 16.7 Å². The van der Waals surface area contributed by atoms with Crippen LogP contribution in [0.4, 0.5) is 14.6 Å². The smallest absolute Gasteiger partial charge is 0.251 e. The van der Waals surface area contributed by atoms with Crippen molar-refractivity contribution < 1.29 is 8.78 Å². The number of nitrogen functional groups attached to an aromatic ring is 1. The van der Waals surface area contributed by atoms with Gasteiger partial charge in [0.15, 0.2) is 0 Å². The summed E-state index contributed by atoms with van der Waals surface area (Å²) in [5.41, 5.74) is 8.28. The number of aromatic nitrogens is 1. The summed E-state index contributed by atoms with van der Waals surface area (Å²) < 4.78 is 26.8. The van der Waals surface area contributed by atoms with Crippen LogP contribution in [0.1, 0.15) is 30.5 Å². The number of rotatable bonds is 1. The largest absolute Gasteiger partial charge is 0.383 e. The minimum absolute atomic E-state index is 0.0970. The Balaban J connectivity index is 2.36. The Morgan fingerprint density at radius 3 is 2.76 bits per heavy atom. The molecule has 0 aromatic carbocycles. The lowest BCUT2D eigenvalue weighted by molar-refractivity contribution is -0.00603. The lowest BCUT2D eigenvalue weighted by Gasteiger charge is -2.22. The predicted molar refractivity (Wildman–Crippen MR) is 67.9 cm³/mol. The lowest BCUT2D eigenvalue weighted by atomic mass is 9.91. The Morgan fingerprint density at radius 2 is 2.18 bits per heavy atom. The highest BCUT2D eigenvalue weighted by molar-refractivity contribution is 9.10. The van der Waals surface area contributed by atoms with Crippen molar-refractivity contribution in [3.8, 4) is 0 Å². The van der Waals surface area contributed by atoms with Crippen LogP contribution in [0.15, 0.2) is 16.6 Å². The Morgan fingerprint density at radius 1 is 1.47 bits per heavy atom. The average molecular weight is 303 g/mol. The van der Waals surface area contributed by atoms with Crippen LogP contribution in [0.25, 0.3) is 5.57 Å². The molecular weight excluding hydrogens is 290 g/mol. The molecule has 1 aliphatic carbocycles. The fourth-order valence-corrected chi connectivity index (χ4v) is 2.28. The van der Waals surface area contributed by atoms with E-state index in [1.807, 2.05) is 13.0 Å². The van der Waals surface area contributed by atoms with Gasteiger partial charge in [-0.2, -0.15) is 0 Å². The first-order chi connectivity index (χ1) is 7.89. The fraction of sp³-hybridized carbons (Fsp3) is 0.417. The summed E-state index contributed by atoms with van der Waals surface area (Å²) in [5.74, 6) is -2.14. The van der Waals surface area contributed by atoms with Gasteiger partial charge in [0.2, 0.25) is 0 Å². The van der Waals surface area contributed by atoms with Crippen molar-refractivity contribution in [2.75, 3.05) is 5.73 Å². The number of allylic oxidation sites excluding steroid dienone is 2. The minimum atomic E-state index is -2.56. The van der Waals surface area contributed by atoms with Crippen molar-refractivity contribution in [2.45, 2.75) is 32.1 Å². The van der Waals surface area contributed by atoms with Crippen LogP contribution in [-0.4, -0.2) is 10.9 Å². The van der Waals surface area contributed by atoms with Crippen molar-refractivity contribution in [1.82, 2.24) is 4.98 Å². The Labute approximate surface area is 107 Å². The number of aryl methyl sites for hydroxylation is 1. The summed E-state index contributed by atoms with van der Waals surface area (Å²) in [6, 6.07) is 1.85. The van der Waals surface area contributed by atoms with E-state index in [-0.39, 0.29) is 12.8 Å². The Bertz CT molecular complexity index is 484. The van der Waals surface area contributed by atoms with Crippen LogP contribution >= 0.6 is 15.9 Å². The zero-order valence-corrected chi connectivity index (χ0v) is 11.0. The van der Waals surface area contributed by atoms with Gasteiger partial charge in [-0.3, -0.25) is 0 Å². The molecule has 0 aliphatic heterocycles. The third kappa shape index (κ3) is 2.65. The van der Waals surface area contributed by atoms with Crippen molar-refractivity contribution >= 4 is 27.3 Å². The van der Waals surface area contributed by atoms with Gasteiger partial charge < -0.3 is 5.73 Å². The molecule has 1 heterocycles. The maximum atomic E-state index is 13.0. The van der Waals surface area contributed by atoms with Crippen molar-refractivity contribution in [3.63, 3.8) is 0 Å². The van der Waals surface area contributed by atoms with Crippen LogP contribution in [0, 0.1) is 6.92 Å². The topological polar surface area (TPSA) is 38.9 Å². The predicted octanol–water partition coefficient (Wildman–Crippen LogP) is 3.94. The van der Waals surface area contributed by atoms with E-state index in [1.54, 1.807) is 6.08 Å². The second kappa shape index (κ2) is 4.37. The number of anilines is 1. The zero-order chi connectivity index (χ0) is 12.6. The molecule has 0 saturated heterocycles. The van der Waals surface area contributed by atoms with Gasteiger partial charge in [-0.1, -0.05) is 6.08 Å². The molecule has 0 spiro atoms. The molecule has 1 aromatic heterocycles. The summed E-state index contributed by atoms with van der Waals surface area (Å²) in [4.78, 5) is 4.19. The van der Waals surface area contributed by atoms with Gasteiger partial charge in [-0.25, -0.2) is 13.8 Å². The Kier molecular flexibility index (Phi) is 3.21. The second-order valence-electron chi connectivity index (χ2n) is 4.28. The molecular formula is C12H13BrF2N2. The summed E-state index contributed by atoms with van der Waals surface area (Å²) in [6.07, 6.45) is 1.70. The van der Waals surface area contributed by atoms with Gasteiger partial charge in [-0.15, -0.1) is 0 Å². The van der Waals surface area contributed by atoms with E-state index in [1.165, 1.54) is 0 Å².